The number of H-pyrrole nitrogens is 1. The van der Waals surface area contributed by atoms with Gasteiger partial charge in [-0.05, 0) is 37.7 Å². The zero-order valence-electron chi connectivity index (χ0n) is 14.4. The fourth-order valence-corrected chi connectivity index (χ4v) is 3.85. The minimum absolute atomic E-state index is 0.219. The molecule has 2 fully saturated rings. The first-order chi connectivity index (χ1) is 12.0. The summed E-state index contributed by atoms with van der Waals surface area (Å²) in [7, 11) is 1.72. The van der Waals surface area contributed by atoms with E-state index in [4.69, 9.17) is 0 Å². The zero-order chi connectivity index (χ0) is 17.6. The molecule has 1 atom stereocenters. The van der Waals surface area contributed by atoms with Crippen molar-refractivity contribution in [3.8, 4) is 0 Å². The number of aliphatic hydroxyl groups excluding tert-OH is 1. The average Bonchev–Trinajstić information content (AvgIpc) is 3.23. The van der Waals surface area contributed by atoms with Crippen molar-refractivity contribution in [3.63, 3.8) is 0 Å². The maximum Gasteiger partial charge on any atom is 0.274 e. The first-order valence-corrected chi connectivity index (χ1v) is 9.10. The van der Waals surface area contributed by atoms with Crippen molar-refractivity contribution in [2.45, 2.75) is 50.5 Å². The lowest BCUT2D eigenvalue weighted by molar-refractivity contribution is 0.0842. The fourth-order valence-electron chi connectivity index (χ4n) is 3.85. The number of carbonyl (C=O) groups is 1. The third-order valence-electron chi connectivity index (χ3n) is 5.49. The Hall–Kier alpha value is -2.15. The summed E-state index contributed by atoms with van der Waals surface area (Å²) >= 11 is 0. The molecule has 0 radical (unpaired) electrons. The number of aromatic nitrogens is 3. The summed E-state index contributed by atoms with van der Waals surface area (Å²) in [4.78, 5) is 29.5. The minimum Gasteiger partial charge on any atom is -0.391 e. The Bertz CT molecular complexity index is 859. The van der Waals surface area contributed by atoms with E-state index < -0.39 is 6.10 Å². The summed E-state index contributed by atoms with van der Waals surface area (Å²) in [5.41, 5.74) is 1.42. The summed E-state index contributed by atoms with van der Waals surface area (Å²) in [6.07, 6.45) is 5.92. The highest BCUT2D eigenvalue weighted by atomic mass is 16.3. The largest absolute Gasteiger partial charge is 0.391 e. The van der Waals surface area contributed by atoms with Crippen molar-refractivity contribution in [1.29, 1.82) is 0 Å². The number of nitrogens with one attached hydrogen (secondary N) is 2. The van der Waals surface area contributed by atoms with Crippen LogP contribution >= 0.6 is 0 Å². The summed E-state index contributed by atoms with van der Waals surface area (Å²) in [5, 5.41) is 16.1. The molecule has 1 unspecified atom stereocenters. The number of aryl methyl sites for hydroxylation is 1. The van der Waals surface area contributed by atoms with Crippen molar-refractivity contribution < 1.29 is 9.90 Å². The molecule has 0 aromatic carbocycles. The molecule has 2 aliphatic rings. The molecule has 2 aliphatic carbocycles. The Balaban J connectivity index is 1.60. The van der Waals surface area contributed by atoms with Gasteiger partial charge in [0.05, 0.1) is 17.1 Å². The van der Waals surface area contributed by atoms with E-state index in [-0.39, 0.29) is 23.9 Å². The Labute approximate surface area is 145 Å². The highest BCUT2D eigenvalue weighted by Crippen LogP contribution is 2.39. The Kier molecular flexibility index (Phi) is 4.11. The van der Waals surface area contributed by atoms with Crippen LogP contribution in [0.5, 0.6) is 0 Å². The SMILES string of the molecule is Cn1[nH]c(=O)c2c(C(=O)NCC(O)C3CCCC3)cc(C3CC3)nc21. The van der Waals surface area contributed by atoms with E-state index in [1.54, 1.807) is 17.8 Å². The third kappa shape index (κ3) is 3.08. The molecule has 2 aromatic heterocycles. The predicted molar refractivity (Wildman–Crippen MR) is 93.6 cm³/mol. The first-order valence-electron chi connectivity index (χ1n) is 9.10. The number of nitrogens with zero attached hydrogens (tertiary/aromatic N) is 2. The summed E-state index contributed by atoms with van der Waals surface area (Å²) in [5.74, 6) is 0.327. The molecule has 1 amide bonds. The number of pyridine rings is 1. The van der Waals surface area contributed by atoms with Gasteiger partial charge in [0.1, 0.15) is 0 Å². The van der Waals surface area contributed by atoms with Crippen LogP contribution < -0.4 is 10.9 Å². The van der Waals surface area contributed by atoms with Crippen LogP contribution in [0.1, 0.15) is 60.5 Å². The van der Waals surface area contributed by atoms with E-state index in [0.717, 1.165) is 44.2 Å². The van der Waals surface area contributed by atoms with Crippen LogP contribution in [-0.2, 0) is 7.05 Å². The average molecular weight is 344 g/mol. The summed E-state index contributed by atoms with van der Waals surface area (Å²) < 4.78 is 1.56. The number of fused-ring (bicyclic) bond motifs is 1. The molecule has 2 heterocycles. The number of aromatic amines is 1. The molecule has 2 saturated carbocycles. The van der Waals surface area contributed by atoms with E-state index in [9.17, 15) is 14.7 Å². The van der Waals surface area contributed by atoms with Gasteiger partial charge in [0.15, 0.2) is 5.65 Å². The van der Waals surface area contributed by atoms with Gasteiger partial charge in [0, 0.05) is 25.2 Å². The quantitative estimate of drug-likeness (QED) is 0.764. The van der Waals surface area contributed by atoms with Crippen LogP contribution in [0.4, 0.5) is 0 Å². The van der Waals surface area contributed by atoms with Crippen molar-refractivity contribution in [2.24, 2.45) is 13.0 Å². The fraction of sp³-hybridized carbons (Fsp3) is 0.611. The van der Waals surface area contributed by atoms with Gasteiger partial charge < -0.3 is 10.4 Å². The number of rotatable bonds is 5. The van der Waals surface area contributed by atoms with E-state index >= 15 is 0 Å². The van der Waals surface area contributed by atoms with E-state index in [0.29, 0.717) is 22.5 Å². The summed E-state index contributed by atoms with van der Waals surface area (Å²) in [6.45, 7) is 0.219. The molecule has 3 N–H and O–H groups in total. The second kappa shape index (κ2) is 6.29. The highest BCUT2D eigenvalue weighted by molar-refractivity contribution is 6.05. The van der Waals surface area contributed by atoms with Gasteiger partial charge in [-0.25, -0.2) is 4.98 Å². The Morgan fingerprint density at radius 3 is 2.80 bits per heavy atom. The molecule has 0 saturated heterocycles. The minimum atomic E-state index is -0.527. The molecule has 4 rings (SSSR count). The van der Waals surface area contributed by atoms with Crippen LogP contribution in [0.15, 0.2) is 10.9 Å². The molecule has 25 heavy (non-hydrogen) atoms. The van der Waals surface area contributed by atoms with E-state index in [2.05, 4.69) is 15.4 Å². The van der Waals surface area contributed by atoms with Crippen molar-refractivity contribution >= 4 is 16.9 Å². The van der Waals surface area contributed by atoms with Crippen molar-refractivity contribution in [2.75, 3.05) is 6.54 Å². The van der Waals surface area contributed by atoms with Gasteiger partial charge in [-0.15, -0.1) is 0 Å². The molecule has 7 nitrogen and oxygen atoms in total. The van der Waals surface area contributed by atoms with Gasteiger partial charge in [0.25, 0.3) is 11.5 Å². The number of hydrogen-bond donors (Lipinski definition) is 3. The van der Waals surface area contributed by atoms with E-state index in [1.165, 1.54) is 0 Å². The summed E-state index contributed by atoms with van der Waals surface area (Å²) in [6, 6.07) is 1.74. The second-order valence-corrected chi connectivity index (χ2v) is 7.39. The van der Waals surface area contributed by atoms with Crippen molar-refractivity contribution in [1.82, 2.24) is 20.1 Å². The maximum atomic E-state index is 12.7. The molecule has 0 spiro atoms. The number of carbonyl (C=O) groups excluding carboxylic acids is 1. The van der Waals surface area contributed by atoms with Crippen LogP contribution in [0.2, 0.25) is 0 Å². The Morgan fingerprint density at radius 2 is 2.12 bits per heavy atom. The topological polar surface area (TPSA) is 100 Å². The van der Waals surface area contributed by atoms with Crippen LogP contribution in [-0.4, -0.2) is 38.4 Å². The van der Waals surface area contributed by atoms with Crippen molar-refractivity contribution in [3.05, 3.63) is 27.7 Å². The smallest absolute Gasteiger partial charge is 0.274 e. The number of aliphatic hydroxyl groups is 1. The number of hydrogen-bond acceptors (Lipinski definition) is 4. The lowest BCUT2D eigenvalue weighted by atomic mass is 10.0. The molecule has 134 valence electrons. The van der Waals surface area contributed by atoms with Gasteiger partial charge in [-0.3, -0.25) is 19.4 Å². The first kappa shape index (κ1) is 16.3. The van der Waals surface area contributed by atoms with Gasteiger partial charge in [-0.1, -0.05) is 12.8 Å². The Morgan fingerprint density at radius 1 is 1.40 bits per heavy atom. The third-order valence-corrected chi connectivity index (χ3v) is 5.49. The van der Waals surface area contributed by atoms with E-state index in [1.807, 2.05) is 0 Å². The zero-order valence-corrected chi connectivity index (χ0v) is 14.4. The predicted octanol–water partition coefficient (Wildman–Crippen LogP) is 1.42. The molecular formula is C18H24N4O3. The molecule has 7 heteroatoms. The van der Waals surface area contributed by atoms with Gasteiger partial charge in [0.2, 0.25) is 0 Å². The van der Waals surface area contributed by atoms with Crippen LogP contribution in [0.25, 0.3) is 11.0 Å². The molecular weight excluding hydrogens is 320 g/mol. The highest BCUT2D eigenvalue weighted by Gasteiger charge is 2.29. The maximum absolute atomic E-state index is 12.7. The van der Waals surface area contributed by atoms with Crippen LogP contribution in [0, 0.1) is 5.92 Å². The standard InChI is InChI=1S/C18H24N4O3/c1-22-16-15(18(25)21-22)12(8-13(20-16)10-6-7-10)17(24)19-9-14(23)11-4-2-3-5-11/h8,10-11,14,23H,2-7,9H2,1H3,(H,19,24)(H,21,25). The van der Waals surface area contributed by atoms with Gasteiger partial charge in [-0.2, -0.15) is 0 Å². The lowest BCUT2D eigenvalue weighted by Gasteiger charge is -2.18. The monoisotopic (exact) mass is 344 g/mol. The molecule has 2 aromatic rings. The molecule has 0 bridgehead atoms. The normalized spacial score (nSPS) is 19.4. The lowest BCUT2D eigenvalue weighted by Crippen LogP contribution is -2.36. The van der Waals surface area contributed by atoms with Crippen LogP contribution in [0.3, 0.4) is 0 Å². The molecule has 0 aliphatic heterocycles. The van der Waals surface area contributed by atoms with Gasteiger partial charge >= 0.3 is 0 Å². The second-order valence-electron chi connectivity index (χ2n) is 7.39. The number of amides is 1.